The predicted molar refractivity (Wildman–Crippen MR) is 179 cm³/mol. The van der Waals surface area contributed by atoms with Gasteiger partial charge in [-0.2, -0.15) is 0 Å². The van der Waals surface area contributed by atoms with E-state index in [1.165, 1.54) is 18.2 Å². The van der Waals surface area contributed by atoms with Crippen LogP contribution < -0.4 is 25.4 Å². The summed E-state index contributed by atoms with van der Waals surface area (Å²) in [7, 11) is 0. The summed E-state index contributed by atoms with van der Waals surface area (Å²) in [5, 5.41) is 20.4. The maximum Gasteiger partial charge on any atom is 0.258 e. The molecule has 4 N–H and O–H groups in total. The summed E-state index contributed by atoms with van der Waals surface area (Å²) in [6, 6.07) is 15.5. The highest BCUT2D eigenvalue weighted by atomic mass is 32.1. The Morgan fingerprint density at radius 1 is 1.12 bits per heavy atom. The van der Waals surface area contributed by atoms with Crippen LogP contribution in [0.2, 0.25) is 0 Å². The fourth-order valence-corrected chi connectivity index (χ4v) is 6.12. The minimum Gasteiger partial charge on any atom is -0.487 e. The standard InChI is InChI=1S/C35H39N5O7S/c1-21-27(39-34(46-21)30-5-4-10-48-30)15-40-16-28-29(17-40)47-25-8-6-22(7-9-25)14-36-31(42)18-45-26-12-23(11-24(13-26)33(44)38-28)32(43)37-19-35(2,3)20-41/h4-13,28-29,41H,14-20H2,1-3H3,(H,36,42)(H,37,43)(H,38,44)/t28-,29-/m0/s1. The van der Waals surface area contributed by atoms with Crippen LogP contribution in [0.5, 0.6) is 11.5 Å². The normalized spacial score (nSPS) is 18.7. The summed E-state index contributed by atoms with van der Waals surface area (Å²) in [6.45, 7) is 7.13. The van der Waals surface area contributed by atoms with E-state index in [0.717, 1.165) is 21.9 Å². The smallest absolute Gasteiger partial charge is 0.258 e. The van der Waals surface area contributed by atoms with Gasteiger partial charge >= 0.3 is 0 Å². The zero-order valence-corrected chi connectivity index (χ0v) is 27.9. The highest BCUT2D eigenvalue weighted by molar-refractivity contribution is 7.13. The number of aryl methyl sites for hydroxylation is 1. The number of fused-ring (bicyclic) bond motifs is 7. The third-order valence-electron chi connectivity index (χ3n) is 8.31. The molecule has 4 bridgehead atoms. The summed E-state index contributed by atoms with van der Waals surface area (Å²) in [6.07, 6.45) is -0.401. The first-order valence-corrected chi connectivity index (χ1v) is 16.7. The Kier molecular flexibility index (Phi) is 9.81. The molecular weight excluding hydrogens is 634 g/mol. The number of nitrogens with one attached hydrogen (secondary N) is 3. The van der Waals surface area contributed by atoms with Crippen molar-refractivity contribution in [1.82, 2.24) is 25.8 Å². The molecule has 4 aromatic rings. The Hall–Kier alpha value is -4.72. The molecule has 3 aliphatic heterocycles. The first-order chi connectivity index (χ1) is 23.0. The maximum absolute atomic E-state index is 13.8. The van der Waals surface area contributed by atoms with Gasteiger partial charge in [-0.25, -0.2) is 4.98 Å². The molecule has 0 radical (unpaired) electrons. The lowest BCUT2D eigenvalue weighted by Gasteiger charge is -2.22. The molecule has 13 heteroatoms. The van der Waals surface area contributed by atoms with E-state index in [-0.39, 0.29) is 42.5 Å². The van der Waals surface area contributed by atoms with E-state index in [1.807, 2.05) is 62.5 Å². The van der Waals surface area contributed by atoms with Crippen LogP contribution in [-0.4, -0.2) is 77.7 Å². The molecule has 0 aliphatic carbocycles. The lowest BCUT2D eigenvalue weighted by Crippen LogP contribution is -2.45. The Labute approximate surface area is 282 Å². The first-order valence-electron chi connectivity index (χ1n) is 15.8. The van der Waals surface area contributed by atoms with Crippen molar-refractivity contribution in [3.63, 3.8) is 0 Å². The molecule has 1 saturated heterocycles. The number of oxazole rings is 1. The second-order valence-electron chi connectivity index (χ2n) is 12.9. The molecule has 2 aromatic carbocycles. The third kappa shape index (κ3) is 8.04. The van der Waals surface area contributed by atoms with E-state index in [4.69, 9.17) is 18.9 Å². The number of thiophene rings is 1. The third-order valence-corrected chi connectivity index (χ3v) is 9.17. The molecule has 1 fully saturated rings. The van der Waals surface area contributed by atoms with E-state index in [9.17, 15) is 19.5 Å². The van der Waals surface area contributed by atoms with Gasteiger partial charge in [0, 0.05) is 55.9 Å². The molecular formula is C35H39N5O7S. The predicted octanol–water partition coefficient (Wildman–Crippen LogP) is 3.53. The average molecular weight is 674 g/mol. The van der Waals surface area contributed by atoms with Crippen molar-refractivity contribution >= 4 is 29.1 Å². The number of rotatable bonds is 7. The summed E-state index contributed by atoms with van der Waals surface area (Å²) < 4.78 is 18.2. The number of benzene rings is 2. The number of carbonyl (C=O) groups is 3. The van der Waals surface area contributed by atoms with Gasteiger partial charge in [-0.3, -0.25) is 19.3 Å². The molecule has 2 aromatic heterocycles. The van der Waals surface area contributed by atoms with E-state index in [0.29, 0.717) is 37.8 Å². The molecule has 0 unspecified atom stereocenters. The van der Waals surface area contributed by atoms with Crippen LogP contribution in [0.25, 0.3) is 10.8 Å². The van der Waals surface area contributed by atoms with Gasteiger partial charge in [-0.1, -0.05) is 32.0 Å². The summed E-state index contributed by atoms with van der Waals surface area (Å²) >= 11 is 1.56. The van der Waals surface area contributed by atoms with Crippen LogP contribution in [0.15, 0.2) is 64.4 Å². The molecule has 2 atom stereocenters. The van der Waals surface area contributed by atoms with Crippen LogP contribution >= 0.6 is 11.3 Å². The van der Waals surface area contributed by atoms with Gasteiger partial charge in [0.1, 0.15) is 23.4 Å². The van der Waals surface area contributed by atoms with Gasteiger partial charge in [0.2, 0.25) is 5.89 Å². The largest absolute Gasteiger partial charge is 0.487 e. The van der Waals surface area contributed by atoms with E-state index in [2.05, 4.69) is 20.9 Å². The minimum atomic E-state index is -0.537. The van der Waals surface area contributed by atoms with Crippen molar-refractivity contribution in [1.29, 1.82) is 0 Å². The zero-order valence-electron chi connectivity index (χ0n) is 27.1. The van der Waals surface area contributed by atoms with E-state index >= 15 is 0 Å². The molecule has 48 heavy (non-hydrogen) atoms. The van der Waals surface area contributed by atoms with Gasteiger partial charge in [0.05, 0.1) is 16.6 Å². The monoisotopic (exact) mass is 673 g/mol. The number of hydrogen-bond donors (Lipinski definition) is 4. The van der Waals surface area contributed by atoms with Crippen molar-refractivity contribution in [2.75, 3.05) is 32.8 Å². The van der Waals surface area contributed by atoms with Crippen molar-refractivity contribution in [3.8, 4) is 22.3 Å². The second kappa shape index (κ2) is 14.2. The molecule has 5 heterocycles. The van der Waals surface area contributed by atoms with Crippen LogP contribution in [-0.2, 0) is 17.9 Å². The summed E-state index contributed by atoms with van der Waals surface area (Å²) in [5.41, 5.74) is 1.54. The Morgan fingerprint density at radius 2 is 1.94 bits per heavy atom. The number of likely N-dealkylation sites (tertiary alicyclic amines) is 1. The SMILES string of the molecule is Cc1oc(-c2cccs2)nc1CN1C[C@@H]2NC(=O)c3cc(cc(C(=O)NCC(C)(C)CO)c3)OCC(=O)NCc3ccc(cc3)O[C@H]2C1. The maximum atomic E-state index is 13.8. The van der Waals surface area contributed by atoms with Crippen molar-refractivity contribution in [2.45, 2.75) is 46.0 Å². The van der Waals surface area contributed by atoms with Gasteiger partial charge in [0.15, 0.2) is 6.61 Å². The second-order valence-corrected chi connectivity index (χ2v) is 13.8. The van der Waals surface area contributed by atoms with Crippen LogP contribution in [0.4, 0.5) is 0 Å². The quantitative estimate of drug-likeness (QED) is 0.231. The van der Waals surface area contributed by atoms with Crippen LogP contribution in [0, 0.1) is 12.3 Å². The number of aromatic nitrogens is 1. The molecule has 12 nitrogen and oxygen atoms in total. The average Bonchev–Trinajstić information content (AvgIpc) is 3.83. The van der Waals surface area contributed by atoms with Gasteiger partial charge in [-0.15, -0.1) is 11.3 Å². The van der Waals surface area contributed by atoms with Crippen molar-refractivity contribution in [3.05, 3.63) is 88.1 Å². The Morgan fingerprint density at radius 3 is 2.69 bits per heavy atom. The molecule has 3 aliphatic rings. The molecule has 0 spiro atoms. The molecule has 7 rings (SSSR count). The topological polar surface area (TPSA) is 155 Å². The number of aliphatic hydroxyl groups excluding tert-OH is 1. The van der Waals surface area contributed by atoms with E-state index < -0.39 is 29.4 Å². The number of nitrogens with zero attached hydrogens (tertiary/aromatic N) is 2. The summed E-state index contributed by atoms with van der Waals surface area (Å²) in [5.74, 6) is 0.927. The highest BCUT2D eigenvalue weighted by Gasteiger charge is 2.37. The number of carbonyl (C=O) groups excluding carboxylic acids is 3. The number of ether oxygens (including phenoxy) is 2. The first kappa shape index (κ1) is 33.2. The number of aliphatic hydroxyl groups is 1. The molecule has 3 amide bonds. The van der Waals surface area contributed by atoms with Gasteiger partial charge in [0.25, 0.3) is 17.7 Å². The lowest BCUT2D eigenvalue weighted by atomic mass is 9.95. The van der Waals surface area contributed by atoms with Crippen molar-refractivity contribution < 1.29 is 33.4 Å². The Bertz CT molecular complexity index is 1770. The Balaban J connectivity index is 1.27. The van der Waals surface area contributed by atoms with Gasteiger partial charge < -0.3 is 34.9 Å². The van der Waals surface area contributed by atoms with Crippen LogP contribution in [0.1, 0.15) is 51.6 Å². The molecule has 252 valence electrons. The minimum absolute atomic E-state index is 0.115. The summed E-state index contributed by atoms with van der Waals surface area (Å²) in [4.78, 5) is 47.5. The van der Waals surface area contributed by atoms with Crippen LogP contribution in [0.3, 0.4) is 0 Å². The fraction of sp³-hybridized carbons (Fsp3) is 0.371. The number of amides is 3. The van der Waals surface area contributed by atoms with Gasteiger partial charge in [-0.05, 0) is 54.3 Å². The van der Waals surface area contributed by atoms with E-state index in [1.54, 1.807) is 11.3 Å². The lowest BCUT2D eigenvalue weighted by molar-refractivity contribution is -0.123. The highest BCUT2D eigenvalue weighted by Crippen LogP contribution is 2.28. The zero-order chi connectivity index (χ0) is 33.8. The number of hydrogen-bond acceptors (Lipinski definition) is 10. The molecule has 0 saturated carbocycles. The van der Waals surface area contributed by atoms with Crippen molar-refractivity contribution in [2.24, 2.45) is 5.41 Å². The fourth-order valence-electron chi connectivity index (χ4n) is 5.47.